The van der Waals surface area contributed by atoms with Crippen LogP contribution in [0.2, 0.25) is 0 Å². The number of rotatable bonds is 7. The Bertz CT molecular complexity index is 294. The van der Waals surface area contributed by atoms with Gasteiger partial charge in [0.1, 0.15) is 0 Å². The number of nitrogens with one attached hydrogen (secondary N) is 1. The van der Waals surface area contributed by atoms with E-state index in [-0.39, 0.29) is 0 Å². The first-order valence-corrected chi connectivity index (χ1v) is 9.21. The maximum Gasteiger partial charge on any atom is 0.0687 e. The van der Waals surface area contributed by atoms with Crippen LogP contribution in [0, 0.1) is 5.92 Å². The Hall–Kier alpha value is -0.0800. The molecule has 0 aromatic heterocycles. The zero-order valence-corrected chi connectivity index (χ0v) is 13.3. The third kappa shape index (κ3) is 3.98. The quantitative estimate of drug-likeness (QED) is 0.744. The van der Waals surface area contributed by atoms with E-state index >= 15 is 0 Å². The molecule has 3 fully saturated rings. The first-order chi connectivity index (χ1) is 9.80. The van der Waals surface area contributed by atoms with E-state index in [4.69, 9.17) is 4.74 Å². The SMILES string of the molecule is CCCC(CNC1CC1)CC1CCC2(CCCCC2)O1. The highest BCUT2D eigenvalue weighted by atomic mass is 16.5. The van der Waals surface area contributed by atoms with E-state index < -0.39 is 0 Å². The average molecular weight is 279 g/mol. The molecule has 2 saturated carbocycles. The maximum atomic E-state index is 6.56. The molecule has 0 aromatic rings. The lowest BCUT2D eigenvalue weighted by Crippen LogP contribution is -2.33. The van der Waals surface area contributed by atoms with Crippen molar-refractivity contribution in [1.29, 1.82) is 0 Å². The molecule has 1 aliphatic heterocycles. The molecule has 2 atom stereocenters. The molecule has 3 rings (SSSR count). The molecule has 1 saturated heterocycles. The van der Waals surface area contributed by atoms with E-state index in [1.54, 1.807) is 0 Å². The molecule has 3 aliphatic rings. The highest BCUT2D eigenvalue weighted by Gasteiger charge is 2.41. The molecule has 1 heterocycles. The highest BCUT2D eigenvalue weighted by molar-refractivity contribution is 4.92. The molecule has 2 unspecified atom stereocenters. The predicted octanol–water partition coefficient (Wildman–Crippen LogP) is 4.43. The Balaban J connectivity index is 1.45. The lowest BCUT2D eigenvalue weighted by Gasteiger charge is -2.34. The van der Waals surface area contributed by atoms with Crippen LogP contribution in [0.5, 0.6) is 0 Å². The Morgan fingerprint density at radius 1 is 1.10 bits per heavy atom. The Morgan fingerprint density at radius 3 is 2.60 bits per heavy atom. The molecule has 2 nitrogen and oxygen atoms in total. The van der Waals surface area contributed by atoms with Crippen molar-refractivity contribution < 1.29 is 4.74 Å². The molecule has 2 heteroatoms. The van der Waals surface area contributed by atoms with Crippen molar-refractivity contribution in [2.45, 2.75) is 102 Å². The van der Waals surface area contributed by atoms with Gasteiger partial charge in [-0.3, -0.25) is 0 Å². The second kappa shape index (κ2) is 6.79. The number of ether oxygens (including phenoxy) is 1. The van der Waals surface area contributed by atoms with Crippen LogP contribution in [-0.4, -0.2) is 24.3 Å². The van der Waals surface area contributed by atoms with Gasteiger partial charge in [0.2, 0.25) is 0 Å². The van der Waals surface area contributed by atoms with Crippen LogP contribution < -0.4 is 5.32 Å². The topological polar surface area (TPSA) is 21.3 Å². The van der Waals surface area contributed by atoms with E-state index in [1.807, 2.05) is 0 Å². The zero-order chi connectivity index (χ0) is 13.8. The van der Waals surface area contributed by atoms with Crippen molar-refractivity contribution in [3.05, 3.63) is 0 Å². The van der Waals surface area contributed by atoms with Gasteiger partial charge >= 0.3 is 0 Å². The summed E-state index contributed by atoms with van der Waals surface area (Å²) in [5, 5.41) is 3.73. The second-order valence-electron chi connectivity index (χ2n) is 7.60. The fourth-order valence-corrected chi connectivity index (χ4v) is 4.33. The first kappa shape index (κ1) is 14.8. The highest BCUT2D eigenvalue weighted by Crippen LogP contribution is 2.43. The fourth-order valence-electron chi connectivity index (χ4n) is 4.33. The smallest absolute Gasteiger partial charge is 0.0687 e. The van der Waals surface area contributed by atoms with E-state index in [1.165, 1.54) is 83.6 Å². The van der Waals surface area contributed by atoms with E-state index in [0.717, 1.165) is 12.0 Å². The van der Waals surface area contributed by atoms with E-state index in [0.29, 0.717) is 11.7 Å². The molecule has 0 amide bonds. The van der Waals surface area contributed by atoms with Gasteiger partial charge in [-0.15, -0.1) is 0 Å². The third-order valence-corrected chi connectivity index (χ3v) is 5.67. The van der Waals surface area contributed by atoms with Crippen molar-refractivity contribution in [2.75, 3.05) is 6.54 Å². The zero-order valence-electron chi connectivity index (χ0n) is 13.3. The minimum atomic E-state index is 0.309. The number of hydrogen-bond donors (Lipinski definition) is 1. The van der Waals surface area contributed by atoms with Gasteiger partial charge in [-0.05, 0) is 63.8 Å². The predicted molar refractivity (Wildman–Crippen MR) is 84.0 cm³/mol. The van der Waals surface area contributed by atoms with Crippen LogP contribution in [0.3, 0.4) is 0 Å². The minimum Gasteiger partial charge on any atom is -0.372 e. The van der Waals surface area contributed by atoms with Crippen LogP contribution >= 0.6 is 0 Å². The van der Waals surface area contributed by atoms with Crippen LogP contribution in [0.15, 0.2) is 0 Å². The van der Waals surface area contributed by atoms with Gasteiger partial charge in [0.15, 0.2) is 0 Å². The monoisotopic (exact) mass is 279 g/mol. The Labute approximate surface area is 125 Å². The van der Waals surface area contributed by atoms with Gasteiger partial charge in [-0.2, -0.15) is 0 Å². The lowest BCUT2D eigenvalue weighted by atomic mass is 9.83. The van der Waals surface area contributed by atoms with Crippen molar-refractivity contribution in [1.82, 2.24) is 5.32 Å². The maximum absolute atomic E-state index is 6.56. The standard InChI is InChI=1S/C18H33NO/c1-2-6-15(14-19-16-7-8-16)13-17-9-12-18(20-17)10-4-3-5-11-18/h15-17,19H,2-14H2,1H3. The number of hydrogen-bond acceptors (Lipinski definition) is 2. The average Bonchev–Trinajstić information content (AvgIpc) is 3.21. The van der Waals surface area contributed by atoms with Gasteiger partial charge in [0, 0.05) is 6.04 Å². The molecule has 20 heavy (non-hydrogen) atoms. The second-order valence-corrected chi connectivity index (χ2v) is 7.60. The summed E-state index contributed by atoms with van der Waals surface area (Å²) in [6, 6.07) is 0.850. The third-order valence-electron chi connectivity index (χ3n) is 5.67. The van der Waals surface area contributed by atoms with Crippen LogP contribution in [0.1, 0.15) is 84.0 Å². The normalized spacial score (nSPS) is 30.8. The summed E-state index contributed by atoms with van der Waals surface area (Å²) in [7, 11) is 0. The summed E-state index contributed by atoms with van der Waals surface area (Å²) in [5.74, 6) is 0.837. The Kier molecular flexibility index (Phi) is 5.04. The van der Waals surface area contributed by atoms with E-state index in [9.17, 15) is 0 Å². The summed E-state index contributed by atoms with van der Waals surface area (Å²) >= 11 is 0. The van der Waals surface area contributed by atoms with Crippen molar-refractivity contribution in [2.24, 2.45) is 5.92 Å². The van der Waals surface area contributed by atoms with Gasteiger partial charge in [0.05, 0.1) is 11.7 Å². The minimum absolute atomic E-state index is 0.309. The lowest BCUT2D eigenvalue weighted by molar-refractivity contribution is -0.0700. The van der Waals surface area contributed by atoms with Gasteiger partial charge in [0.25, 0.3) is 0 Å². The molecule has 0 bridgehead atoms. The summed E-state index contributed by atoms with van der Waals surface area (Å²) < 4.78 is 6.56. The van der Waals surface area contributed by atoms with Crippen LogP contribution in [0.4, 0.5) is 0 Å². The summed E-state index contributed by atoms with van der Waals surface area (Å²) in [6.07, 6.45) is 16.9. The van der Waals surface area contributed by atoms with Crippen molar-refractivity contribution >= 4 is 0 Å². The molecule has 1 N–H and O–H groups in total. The molecule has 1 spiro atoms. The van der Waals surface area contributed by atoms with Gasteiger partial charge in [-0.1, -0.05) is 32.6 Å². The van der Waals surface area contributed by atoms with Crippen LogP contribution in [0.25, 0.3) is 0 Å². The van der Waals surface area contributed by atoms with Gasteiger partial charge < -0.3 is 10.1 Å². The first-order valence-electron chi connectivity index (χ1n) is 9.21. The van der Waals surface area contributed by atoms with E-state index in [2.05, 4.69) is 12.2 Å². The largest absolute Gasteiger partial charge is 0.372 e. The molecular formula is C18H33NO. The van der Waals surface area contributed by atoms with Crippen molar-refractivity contribution in [3.8, 4) is 0 Å². The molecule has 0 radical (unpaired) electrons. The summed E-state index contributed by atoms with van der Waals surface area (Å²) in [5.41, 5.74) is 0.309. The molecule has 2 aliphatic carbocycles. The van der Waals surface area contributed by atoms with Crippen molar-refractivity contribution in [3.63, 3.8) is 0 Å². The van der Waals surface area contributed by atoms with Gasteiger partial charge in [-0.25, -0.2) is 0 Å². The molecular weight excluding hydrogens is 246 g/mol. The molecule has 116 valence electrons. The summed E-state index contributed by atoms with van der Waals surface area (Å²) in [4.78, 5) is 0. The Morgan fingerprint density at radius 2 is 1.90 bits per heavy atom. The fraction of sp³-hybridized carbons (Fsp3) is 1.00. The molecule has 0 aromatic carbocycles. The summed E-state index contributed by atoms with van der Waals surface area (Å²) in [6.45, 7) is 3.55. The van der Waals surface area contributed by atoms with Crippen LogP contribution in [-0.2, 0) is 4.74 Å².